The van der Waals surface area contributed by atoms with Crippen LogP contribution < -0.4 is 0 Å². The van der Waals surface area contributed by atoms with E-state index in [1.165, 1.54) is 5.56 Å². The molecule has 1 aromatic heterocycles. The number of hydrogen-bond donors (Lipinski definition) is 0. The number of hydrogen-bond acceptors (Lipinski definition) is 3. The first-order valence-corrected chi connectivity index (χ1v) is 4.29. The molecule has 0 aliphatic rings. The van der Waals surface area contributed by atoms with Gasteiger partial charge in [-0.25, -0.2) is 4.79 Å². The number of thiophene rings is 1. The standard InChI is InChI=1S/C8H9NOS/c1-6-3-11-4-8(6)7(2)9-5-10/h3-4,7H,1-2H3. The number of nitrogens with zero attached hydrogens (tertiary/aromatic N) is 1. The summed E-state index contributed by atoms with van der Waals surface area (Å²) in [5.41, 5.74) is 2.32. The van der Waals surface area contributed by atoms with Gasteiger partial charge in [0.15, 0.2) is 0 Å². The fraction of sp³-hybridized carbons (Fsp3) is 0.375. The molecular formula is C8H9NOS. The van der Waals surface area contributed by atoms with Crippen molar-refractivity contribution in [3.8, 4) is 0 Å². The highest BCUT2D eigenvalue weighted by Crippen LogP contribution is 2.23. The predicted molar refractivity (Wildman–Crippen MR) is 45.6 cm³/mol. The third-order valence-corrected chi connectivity index (χ3v) is 2.47. The summed E-state index contributed by atoms with van der Waals surface area (Å²) in [5.74, 6) is 0. The molecule has 1 rings (SSSR count). The highest BCUT2D eigenvalue weighted by atomic mass is 32.1. The molecule has 1 heterocycles. The van der Waals surface area contributed by atoms with Gasteiger partial charge in [-0.05, 0) is 35.7 Å². The van der Waals surface area contributed by atoms with Gasteiger partial charge in [0, 0.05) is 0 Å². The van der Waals surface area contributed by atoms with Gasteiger partial charge in [-0.3, -0.25) is 0 Å². The molecular weight excluding hydrogens is 158 g/mol. The van der Waals surface area contributed by atoms with Crippen LogP contribution in [0.1, 0.15) is 24.1 Å². The molecule has 2 nitrogen and oxygen atoms in total. The molecule has 0 aliphatic carbocycles. The maximum Gasteiger partial charge on any atom is 0.235 e. The minimum atomic E-state index is -0.0428. The molecule has 1 atom stereocenters. The van der Waals surface area contributed by atoms with E-state index in [1.807, 2.05) is 24.6 Å². The van der Waals surface area contributed by atoms with E-state index < -0.39 is 0 Å². The molecule has 0 spiro atoms. The number of carbonyl (C=O) groups excluding carboxylic acids is 1. The second-order valence-corrected chi connectivity index (χ2v) is 3.15. The summed E-state index contributed by atoms with van der Waals surface area (Å²) in [6.07, 6.45) is 1.56. The van der Waals surface area contributed by atoms with E-state index in [-0.39, 0.29) is 6.04 Å². The molecule has 0 N–H and O–H groups in total. The van der Waals surface area contributed by atoms with Crippen LogP contribution in [0.3, 0.4) is 0 Å². The molecule has 0 amide bonds. The summed E-state index contributed by atoms with van der Waals surface area (Å²) >= 11 is 1.63. The fourth-order valence-electron chi connectivity index (χ4n) is 0.947. The zero-order chi connectivity index (χ0) is 8.27. The van der Waals surface area contributed by atoms with Crippen LogP contribution in [0.4, 0.5) is 0 Å². The summed E-state index contributed by atoms with van der Waals surface area (Å²) in [5, 5.41) is 4.06. The third kappa shape index (κ3) is 1.76. The lowest BCUT2D eigenvalue weighted by Gasteiger charge is -2.00. The van der Waals surface area contributed by atoms with E-state index in [0.29, 0.717) is 0 Å². The van der Waals surface area contributed by atoms with Crippen molar-refractivity contribution in [2.24, 2.45) is 4.99 Å². The van der Waals surface area contributed by atoms with Gasteiger partial charge in [0.25, 0.3) is 0 Å². The van der Waals surface area contributed by atoms with Crippen LogP contribution in [-0.4, -0.2) is 6.08 Å². The normalized spacial score (nSPS) is 12.2. The van der Waals surface area contributed by atoms with Gasteiger partial charge in [0.2, 0.25) is 6.08 Å². The van der Waals surface area contributed by atoms with Crippen molar-refractivity contribution in [1.29, 1.82) is 0 Å². The Kier molecular flexibility index (Phi) is 2.58. The molecule has 0 fully saturated rings. The molecule has 0 radical (unpaired) electrons. The first-order chi connectivity index (χ1) is 5.25. The van der Waals surface area contributed by atoms with Crippen LogP contribution in [0.15, 0.2) is 15.8 Å². The molecule has 3 heteroatoms. The first-order valence-electron chi connectivity index (χ1n) is 3.35. The zero-order valence-corrected chi connectivity index (χ0v) is 7.31. The zero-order valence-electron chi connectivity index (χ0n) is 6.50. The molecule has 1 unspecified atom stereocenters. The number of aliphatic imine (C=N–C) groups is 1. The average Bonchev–Trinajstić information content (AvgIpc) is 2.36. The third-order valence-electron chi connectivity index (χ3n) is 1.59. The topological polar surface area (TPSA) is 29.4 Å². The Balaban J connectivity index is 2.92. The lowest BCUT2D eigenvalue weighted by Crippen LogP contribution is -1.87. The Hall–Kier alpha value is -0.920. The average molecular weight is 167 g/mol. The minimum Gasteiger partial charge on any atom is -0.211 e. The number of rotatable bonds is 2. The summed E-state index contributed by atoms with van der Waals surface area (Å²) in [6, 6.07) is -0.0428. The first kappa shape index (κ1) is 8.18. The highest BCUT2D eigenvalue weighted by molar-refractivity contribution is 7.08. The Labute approximate surface area is 69.6 Å². The quantitative estimate of drug-likeness (QED) is 0.491. The monoisotopic (exact) mass is 167 g/mol. The largest absolute Gasteiger partial charge is 0.235 e. The fourth-order valence-corrected chi connectivity index (χ4v) is 1.88. The Bertz CT molecular complexity index is 286. The minimum absolute atomic E-state index is 0.0428. The van der Waals surface area contributed by atoms with Gasteiger partial charge in [0.05, 0.1) is 6.04 Å². The van der Waals surface area contributed by atoms with Crippen LogP contribution in [0.5, 0.6) is 0 Å². The lowest BCUT2D eigenvalue weighted by atomic mass is 10.1. The van der Waals surface area contributed by atoms with Crippen molar-refractivity contribution in [2.75, 3.05) is 0 Å². The van der Waals surface area contributed by atoms with Crippen molar-refractivity contribution in [1.82, 2.24) is 0 Å². The maximum atomic E-state index is 9.93. The van der Waals surface area contributed by atoms with Crippen molar-refractivity contribution in [3.05, 3.63) is 21.9 Å². The number of aryl methyl sites for hydroxylation is 1. The van der Waals surface area contributed by atoms with E-state index in [0.717, 1.165) is 5.56 Å². The van der Waals surface area contributed by atoms with E-state index in [1.54, 1.807) is 17.4 Å². The molecule has 11 heavy (non-hydrogen) atoms. The van der Waals surface area contributed by atoms with Crippen LogP contribution >= 0.6 is 11.3 Å². The van der Waals surface area contributed by atoms with Crippen LogP contribution in [0, 0.1) is 6.92 Å². The van der Waals surface area contributed by atoms with E-state index in [2.05, 4.69) is 4.99 Å². The second-order valence-electron chi connectivity index (χ2n) is 2.41. The molecule has 0 bridgehead atoms. The maximum absolute atomic E-state index is 9.93. The molecule has 0 saturated carbocycles. The lowest BCUT2D eigenvalue weighted by molar-refractivity contribution is 0.559. The van der Waals surface area contributed by atoms with Crippen molar-refractivity contribution >= 4 is 17.4 Å². The van der Waals surface area contributed by atoms with Crippen molar-refractivity contribution in [2.45, 2.75) is 19.9 Å². The second kappa shape index (κ2) is 3.46. The van der Waals surface area contributed by atoms with Gasteiger partial charge >= 0.3 is 0 Å². The Morgan fingerprint density at radius 1 is 1.64 bits per heavy atom. The summed E-state index contributed by atoms with van der Waals surface area (Å²) in [7, 11) is 0. The molecule has 1 aromatic rings. The molecule has 0 aliphatic heterocycles. The van der Waals surface area contributed by atoms with Crippen molar-refractivity contribution in [3.63, 3.8) is 0 Å². The molecule has 0 aromatic carbocycles. The van der Waals surface area contributed by atoms with Crippen LogP contribution in [0.2, 0.25) is 0 Å². The van der Waals surface area contributed by atoms with Gasteiger partial charge in [-0.2, -0.15) is 16.3 Å². The van der Waals surface area contributed by atoms with Gasteiger partial charge < -0.3 is 0 Å². The summed E-state index contributed by atoms with van der Waals surface area (Å²) in [6.45, 7) is 3.91. The number of isocyanates is 1. The van der Waals surface area contributed by atoms with Gasteiger partial charge in [0.1, 0.15) is 0 Å². The summed E-state index contributed by atoms with van der Waals surface area (Å²) < 4.78 is 0. The smallest absolute Gasteiger partial charge is 0.211 e. The SMILES string of the molecule is Cc1cscc1C(C)N=C=O. The van der Waals surface area contributed by atoms with E-state index in [9.17, 15) is 4.79 Å². The van der Waals surface area contributed by atoms with Crippen LogP contribution in [0.25, 0.3) is 0 Å². The Morgan fingerprint density at radius 3 is 2.82 bits per heavy atom. The predicted octanol–water partition coefficient (Wildman–Crippen LogP) is 2.45. The van der Waals surface area contributed by atoms with Crippen molar-refractivity contribution < 1.29 is 4.79 Å². The molecule has 0 saturated heterocycles. The van der Waals surface area contributed by atoms with E-state index in [4.69, 9.17) is 0 Å². The highest BCUT2D eigenvalue weighted by Gasteiger charge is 2.06. The van der Waals surface area contributed by atoms with E-state index >= 15 is 0 Å². The summed E-state index contributed by atoms with van der Waals surface area (Å²) in [4.78, 5) is 13.6. The van der Waals surface area contributed by atoms with Gasteiger partial charge in [-0.15, -0.1) is 0 Å². The Morgan fingerprint density at radius 2 is 2.36 bits per heavy atom. The van der Waals surface area contributed by atoms with Crippen LogP contribution in [-0.2, 0) is 4.79 Å². The molecule has 58 valence electrons. The van der Waals surface area contributed by atoms with Gasteiger partial charge in [-0.1, -0.05) is 0 Å².